The third kappa shape index (κ3) is 5.28. The second-order valence-electron chi connectivity index (χ2n) is 7.88. The number of hydrogen-bond acceptors (Lipinski definition) is 3. The van der Waals surface area contributed by atoms with Crippen LogP contribution in [0.15, 0.2) is 40.5 Å². The summed E-state index contributed by atoms with van der Waals surface area (Å²) in [7, 11) is 0. The topological polar surface area (TPSA) is 44.0 Å². The van der Waals surface area contributed by atoms with Crippen LogP contribution in [0.25, 0.3) is 0 Å². The van der Waals surface area contributed by atoms with Crippen molar-refractivity contribution in [2.24, 2.45) is 10.9 Å². The molecule has 1 aromatic rings. The molecule has 5 nitrogen and oxygen atoms in total. The number of rotatable bonds is 6. The molecule has 0 spiro atoms. The van der Waals surface area contributed by atoms with E-state index in [2.05, 4.69) is 21.7 Å². The maximum absolute atomic E-state index is 5.43. The van der Waals surface area contributed by atoms with Crippen molar-refractivity contribution in [3.8, 4) is 0 Å². The van der Waals surface area contributed by atoms with E-state index in [0.29, 0.717) is 0 Å². The van der Waals surface area contributed by atoms with E-state index in [1.807, 2.05) is 18.2 Å². The van der Waals surface area contributed by atoms with Gasteiger partial charge in [0.05, 0.1) is 6.26 Å². The summed E-state index contributed by atoms with van der Waals surface area (Å²) in [6.07, 6.45) is 11.3. The molecule has 1 aliphatic carbocycles. The molecule has 3 fully saturated rings. The monoisotopic (exact) mass is 484 g/mol. The van der Waals surface area contributed by atoms with Crippen molar-refractivity contribution in [1.82, 2.24) is 15.1 Å². The van der Waals surface area contributed by atoms with Crippen molar-refractivity contribution in [1.29, 1.82) is 0 Å². The Hall–Kier alpha value is -1.02. The van der Waals surface area contributed by atoms with Gasteiger partial charge in [0.15, 0.2) is 5.96 Å². The van der Waals surface area contributed by atoms with Gasteiger partial charge in [0.25, 0.3) is 0 Å². The Morgan fingerprint density at radius 2 is 2.19 bits per heavy atom. The summed E-state index contributed by atoms with van der Waals surface area (Å²) in [6.45, 7) is 8.93. The molecule has 6 heteroatoms. The van der Waals surface area contributed by atoms with Gasteiger partial charge in [0.1, 0.15) is 5.76 Å². The van der Waals surface area contributed by atoms with Crippen LogP contribution >= 0.6 is 24.0 Å². The molecule has 3 heterocycles. The first kappa shape index (κ1) is 20.7. The Morgan fingerprint density at radius 1 is 1.30 bits per heavy atom. The molecule has 4 rings (SSSR count). The lowest BCUT2D eigenvalue weighted by Crippen LogP contribution is -2.57. The van der Waals surface area contributed by atoms with Crippen LogP contribution in [0.3, 0.4) is 0 Å². The maximum Gasteiger partial charge on any atom is 0.194 e. The summed E-state index contributed by atoms with van der Waals surface area (Å²) >= 11 is 0. The average molecular weight is 484 g/mol. The molecule has 0 amide bonds. The molecule has 1 saturated carbocycles. The number of likely N-dealkylation sites (tertiary alicyclic amines) is 2. The summed E-state index contributed by atoms with van der Waals surface area (Å²) in [5.41, 5.74) is 0. The number of halogens is 1. The molecule has 1 aromatic heterocycles. The van der Waals surface area contributed by atoms with Crippen molar-refractivity contribution in [3.63, 3.8) is 0 Å². The smallest absolute Gasteiger partial charge is 0.194 e. The number of piperidine rings is 2. The predicted octanol–water partition coefficient (Wildman–Crippen LogP) is 3.52. The summed E-state index contributed by atoms with van der Waals surface area (Å²) < 4.78 is 5.43. The van der Waals surface area contributed by atoms with Gasteiger partial charge in [-0.25, -0.2) is 0 Å². The quantitative estimate of drug-likeness (QED) is 0.291. The Bertz CT molecular complexity index is 614. The van der Waals surface area contributed by atoms with Crippen LogP contribution in [-0.2, 0) is 6.42 Å². The van der Waals surface area contributed by atoms with Crippen molar-refractivity contribution in [2.75, 3.05) is 32.7 Å². The summed E-state index contributed by atoms with van der Waals surface area (Å²) in [5.74, 6) is 2.83. The van der Waals surface area contributed by atoms with Crippen molar-refractivity contribution < 1.29 is 4.42 Å². The number of hydrogen-bond donors (Lipinski definition) is 1. The lowest BCUT2D eigenvalue weighted by Gasteiger charge is -2.48. The van der Waals surface area contributed by atoms with E-state index in [9.17, 15) is 0 Å². The standard InChI is InChI=1S/C21H32N4O.HI/c1-2-11-22-21(23-12-9-19-6-4-15-26-19)24-14-10-20-17(16-24)5-3-13-25(20)18-7-8-18;/h2,4,6,15,17-18,20H,1,3,5,7-14,16H2,(H,22,23);1H. The predicted molar refractivity (Wildman–Crippen MR) is 121 cm³/mol. The van der Waals surface area contributed by atoms with Crippen LogP contribution in [0.4, 0.5) is 0 Å². The van der Waals surface area contributed by atoms with E-state index in [1.54, 1.807) is 6.26 Å². The molecule has 2 unspecified atom stereocenters. The van der Waals surface area contributed by atoms with Crippen LogP contribution in [0.5, 0.6) is 0 Å². The lowest BCUT2D eigenvalue weighted by atomic mass is 9.83. The number of guanidine groups is 1. The lowest BCUT2D eigenvalue weighted by molar-refractivity contribution is 0.0370. The van der Waals surface area contributed by atoms with E-state index in [1.165, 1.54) is 38.6 Å². The van der Waals surface area contributed by atoms with Crippen molar-refractivity contribution >= 4 is 29.9 Å². The van der Waals surface area contributed by atoms with Gasteiger partial charge < -0.3 is 14.6 Å². The minimum atomic E-state index is 0. The van der Waals surface area contributed by atoms with E-state index in [0.717, 1.165) is 62.3 Å². The van der Waals surface area contributed by atoms with Crippen LogP contribution in [0.1, 0.15) is 37.9 Å². The molecular weight excluding hydrogens is 451 g/mol. The fourth-order valence-corrected chi connectivity index (χ4v) is 4.65. The molecular formula is C21H33IN4O. The highest BCUT2D eigenvalue weighted by Crippen LogP contribution is 2.38. The van der Waals surface area contributed by atoms with Crippen LogP contribution < -0.4 is 5.32 Å². The fourth-order valence-electron chi connectivity index (χ4n) is 4.65. The van der Waals surface area contributed by atoms with Gasteiger partial charge in [-0.3, -0.25) is 9.89 Å². The minimum Gasteiger partial charge on any atom is -0.469 e. The van der Waals surface area contributed by atoms with Crippen molar-refractivity contribution in [3.05, 3.63) is 36.8 Å². The van der Waals surface area contributed by atoms with Crippen LogP contribution in [0, 0.1) is 5.92 Å². The number of nitrogens with one attached hydrogen (secondary N) is 1. The normalized spacial score (nSPS) is 26.2. The number of furan rings is 1. The first-order chi connectivity index (χ1) is 12.8. The summed E-state index contributed by atoms with van der Waals surface area (Å²) in [6, 6.07) is 5.66. The molecule has 2 aliphatic heterocycles. The van der Waals surface area contributed by atoms with Gasteiger partial charge in [-0.15, -0.1) is 30.6 Å². The van der Waals surface area contributed by atoms with Gasteiger partial charge >= 0.3 is 0 Å². The summed E-state index contributed by atoms with van der Waals surface area (Å²) in [4.78, 5) is 10.2. The number of fused-ring (bicyclic) bond motifs is 1. The van der Waals surface area contributed by atoms with E-state index in [-0.39, 0.29) is 24.0 Å². The highest BCUT2D eigenvalue weighted by atomic mass is 127. The third-order valence-corrected chi connectivity index (χ3v) is 6.03. The molecule has 2 atom stereocenters. The highest BCUT2D eigenvalue weighted by Gasteiger charge is 2.42. The number of nitrogens with zero attached hydrogens (tertiary/aromatic N) is 3. The average Bonchev–Trinajstić information content (AvgIpc) is 3.39. The Kier molecular flexibility index (Phi) is 7.64. The van der Waals surface area contributed by atoms with E-state index in [4.69, 9.17) is 9.41 Å². The molecule has 0 radical (unpaired) electrons. The molecule has 1 N–H and O–H groups in total. The number of aliphatic imine (C=N–C) groups is 1. The second kappa shape index (κ2) is 9.96. The summed E-state index contributed by atoms with van der Waals surface area (Å²) in [5, 5.41) is 3.47. The maximum atomic E-state index is 5.43. The molecule has 3 aliphatic rings. The zero-order chi connectivity index (χ0) is 17.8. The second-order valence-corrected chi connectivity index (χ2v) is 7.88. The van der Waals surface area contributed by atoms with Gasteiger partial charge in [-0.05, 0) is 56.7 Å². The van der Waals surface area contributed by atoms with Gasteiger partial charge in [-0.2, -0.15) is 0 Å². The molecule has 0 aromatic carbocycles. The zero-order valence-corrected chi connectivity index (χ0v) is 18.5. The first-order valence-corrected chi connectivity index (χ1v) is 10.3. The van der Waals surface area contributed by atoms with E-state index < -0.39 is 0 Å². The largest absolute Gasteiger partial charge is 0.469 e. The molecule has 0 bridgehead atoms. The Balaban J connectivity index is 0.00000210. The molecule has 150 valence electrons. The minimum absolute atomic E-state index is 0. The van der Waals surface area contributed by atoms with E-state index >= 15 is 0 Å². The highest BCUT2D eigenvalue weighted by molar-refractivity contribution is 14.0. The molecule has 2 saturated heterocycles. The SMILES string of the molecule is C=CCNC(=NCCc1ccco1)N1CCC2C(CCCN2C2CC2)C1.I. The Morgan fingerprint density at radius 3 is 2.93 bits per heavy atom. The Labute approximate surface area is 180 Å². The van der Waals surface area contributed by atoms with Crippen LogP contribution in [-0.4, -0.2) is 60.6 Å². The first-order valence-electron chi connectivity index (χ1n) is 10.3. The fraction of sp³-hybridized carbons (Fsp3) is 0.667. The third-order valence-electron chi connectivity index (χ3n) is 6.03. The van der Waals surface area contributed by atoms with Crippen LogP contribution in [0.2, 0.25) is 0 Å². The molecule has 27 heavy (non-hydrogen) atoms. The zero-order valence-electron chi connectivity index (χ0n) is 16.2. The van der Waals surface area contributed by atoms with Gasteiger partial charge in [0, 0.05) is 44.7 Å². The van der Waals surface area contributed by atoms with Gasteiger partial charge in [0.2, 0.25) is 0 Å². The van der Waals surface area contributed by atoms with Gasteiger partial charge in [-0.1, -0.05) is 6.08 Å². The van der Waals surface area contributed by atoms with Crippen molar-refractivity contribution in [2.45, 2.75) is 50.6 Å².